The summed E-state index contributed by atoms with van der Waals surface area (Å²) in [4.78, 5) is 0. The van der Waals surface area contributed by atoms with Crippen LogP contribution in [0.2, 0.25) is 0 Å². The Morgan fingerprint density at radius 3 is 2.57 bits per heavy atom. The van der Waals surface area contributed by atoms with Crippen LogP contribution in [0.4, 0.5) is 0 Å². The average molecular weight is 195 g/mol. The van der Waals surface area contributed by atoms with Crippen LogP contribution in [0.1, 0.15) is 52.4 Å². The quantitative estimate of drug-likeness (QED) is 0.726. The molecule has 0 heterocycles. The van der Waals surface area contributed by atoms with Gasteiger partial charge in [-0.15, -0.1) is 0 Å². The van der Waals surface area contributed by atoms with E-state index in [-0.39, 0.29) is 0 Å². The molecule has 0 aromatic heterocycles. The molecule has 1 spiro atoms. The van der Waals surface area contributed by atoms with Crippen LogP contribution in [0.15, 0.2) is 0 Å². The van der Waals surface area contributed by atoms with Gasteiger partial charge in [0.25, 0.3) is 0 Å². The summed E-state index contributed by atoms with van der Waals surface area (Å²) >= 11 is 0. The van der Waals surface area contributed by atoms with Crippen molar-refractivity contribution in [3.63, 3.8) is 0 Å². The molecule has 0 aliphatic heterocycles. The van der Waals surface area contributed by atoms with Crippen molar-refractivity contribution in [1.82, 2.24) is 5.32 Å². The first-order valence-corrected chi connectivity index (χ1v) is 6.44. The summed E-state index contributed by atoms with van der Waals surface area (Å²) in [5.74, 6) is 1.83. The Morgan fingerprint density at radius 1 is 1.21 bits per heavy atom. The molecule has 2 saturated carbocycles. The molecular weight excluding hydrogens is 170 g/mol. The summed E-state index contributed by atoms with van der Waals surface area (Å²) in [6.07, 6.45) is 9.08. The van der Waals surface area contributed by atoms with E-state index in [0.717, 1.165) is 17.3 Å². The first-order chi connectivity index (χ1) is 6.73. The molecule has 2 aliphatic carbocycles. The molecule has 2 aliphatic rings. The molecule has 1 unspecified atom stereocenters. The second kappa shape index (κ2) is 4.22. The Labute approximate surface area is 88.7 Å². The minimum atomic E-state index is 0.802. The van der Waals surface area contributed by atoms with Crippen LogP contribution in [-0.4, -0.2) is 13.1 Å². The van der Waals surface area contributed by atoms with E-state index in [9.17, 15) is 0 Å². The lowest BCUT2D eigenvalue weighted by Gasteiger charge is -2.22. The third-order valence-corrected chi connectivity index (χ3v) is 4.15. The van der Waals surface area contributed by atoms with Crippen molar-refractivity contribution in [1.29, 1.82) is 0 Å². The Hall–Kier alpha value is -0.0400. The molecule has 1 nitrogen and oxygen atoms in total. The molecule has 1 heteroatoms. The zero-order valence-electron chi connectivity index (χ0n) is 9.81. The van der Waals surface area contributed by atoms with Gasteiger partial charge in [-0.3, -0.25) is 0 Å². The van der Waals surface area contributed by atoms with E-state index in [0.29, 0.717) is 0 Å². The molecular formula is C13H25N. The van der Waals surface area contributed by atoms with Gasteiger partial charge in [0, 0.05) is 0 Å². The molecule has 82 valence electrons. The van der Waals surface area contributed by atoms with Crippen LogP contribution in [0.5, 0.6) is 0 Å². The van der Waals surface area contributed by atoms with Gasteiger partial charge in [-0.25, -0.2) is 0 Å². The second-order valence-electron chi connectivity index (χ2n) is 5.88. The Morgan fingerprint density at radius 2 is 1.93 bits per heavy atom. The molecule has 14 heavy (non-hydrogen) atoms. The number of hydrogen-bond acceptors (Lipinski definition) is 1. The maximum absolute atomic E-state index is 3.62. The lowest BCUT2D eigenvalue weighted by atomic mass is 9.84. The van der Waals surface area contributed by atoms with Crippen LogP contribution < -0.4 is 5.32 Å². The van der Waals surface area contributed by atoms with Gasteiger partial charge >= 0.3 is 0 Å². The lowest BCUT2D eigenvalue weighted by molar-refractivity contribution is 0.303. The number of hydrogen-bond donors (Lipinski definition) is 1. The van der Waals surface area contributed by atoms with E-state index in [2.05, 4.69) is 19.2 Å². The van der Waals surface area contributed by atoms with Crippen molar-refractivity contribution >= 4 is 0 Å². The zero-order chi connectivity index (χ0) is 10.0. The highest BCUT2D eigenvalue weighted by atomic mass is 14.9. The molecule has 0 saturated heterocycles. The zero-order valence-corrected chi connectivity index (χ0v) is 9.81. The molecule has 0 aromatic rings. The van der Waals surface area contributed by atoms with Crippen molar-refractivity contribution < 1.29 is 0 Å². The Bertz CT molecular complexity index is 180. The second-order valence-corrected chi connectivity index (χ2v) is 5.88. The fourth-order valence-corrected chi connectivity index (χ4v) is 3.13. The molecule has 2 fully saturated rings. The predicted molar refractivity (Wildman–Crippen MR) is 61.3 cm³/mol. The minimum absolute atomic E-state index is 0.802. The fourth-order valence-electron chi connectivity index (χ4n) is 3.13. The van der Waals surface area contributed by atoms with E-state index in [1.54, 1.807) is 0 Å². The summed E-state index contributed by atoms with van der Waals surface area (Å²) in [5, 5.41) is 3.62. The maximum atomic E-state index is 3.62. The van der Waals surface area contributed by atoms with Gasteiger partial charge in [-0.2, -0.15) is 0 Å². The van der Waals surface area contributed by atoms with E-state index in [1.165, 1.54) is 51.6 Å². The molecule has 1 atom stereocenters. The third-order valence-electron chi connectivity index (χ3n) is 4.15. The molecule has 0 amide bonds. The Kier molecular flexibility index (Phi) is 3.16. The molecule has 2 rings (SSSR count). The topological polar surface area (TPSA) is 12.0 Å². The fraction of sp³-hybridized carbons (Fsp3) is 1.00. The van der Waals surface area contributed by atoms with Gasteiger partial charge in [-0.05, 0) is 49.6 Å². The van der Waals surface area contributed by atoms with Crippen LogP contribution in [0.25, 0.3) is 0 Å². The van der Waals surface area contributed by atoms with Gasteiger partial charge in [0.1, 0.15) is 0 Å². The average Bonchev–Trinajstić information content (AvgIpc) is 2.79. The first-order valence-electron chi connectivity index (χ1n) is 6.44. The van der Waals surface area contributed by atoms with Gasteiger partial charge in [-0.1, -0.05) is 33.1 Å². The van der Waals surface area contributed by atoms with Crippen LogP contribution in [-0.2, 0) is 0 Å². The summed E-state index contributed by atoms with van der Waals surface area (Å²) in [7, 11) is 0. The first kappa shape index (κ1) is 10.5. The highest BCUT2D eigenvalue weighted by Crippen LogP contribution is 2.60. The van der Waals surface area contributed by atoms with Crippen molar-refractivity contribution in [2.24, 2.45) is 17.3 Å². The normalized spacial score (nSPS) is 29.8. The molecule has 1 N–H and O–H groups in total. The summed E-state index contributed by atoms with van der Waals surface area (Å²) in [6, 6.07) is 0. The minimum Gasteiger partial charge on any atom is -0.316 e. The largest absolute Gasteiger partial charge is 0.316 e. The third kappa shape index (κ3) is 2.31. The van der Waals surface area contributed by atoms with Gasteiger partial charge in [0.05, 0.1) is 0 Å². The van der Waals surface area contributed by atoms with Gasteiger partial charge in [0.15, 0.2) is 0 Å². The predicted octanol–water partition coefficient (Wildman–Crippen LogP) is 3.20. The maximum Gasteiger partial charge on any atom is -0.00149 e. The monoisotopic (exact) mass is 195 g/mol. The standard InChI is InChI=1S/C13H25N/c1-11(2)9-14-10-12-8-13(12)6-4-3-5-7-13/h11-12,14H,3-10H2,1-2H3. The molecule has 0 radical (unpaired) electrons. The molecule has 0 aromatic carbocycles. The van der Waals surface area contributed by atoms with E-state index in [4.69, 9.17) is 0 Å². The summed E-state index contributed by atoms with van der Waals surface area (Å²) < 4.78 is 0. The van der Waals surface area contributed by atoms with Crippen molar-refractivity contribution in [3.8, 4) is 0 Å². The lowest BCUT2D eigenvalue weighted by Crippen LogP contribution is -2.24. The highest BCUT2D eigenvalue weighted by molar-refractivity contribution is 5.04. The summed E-state index contributed by atoms with van der Waals surface area (Å²) in [5.41, 5.74) is 0.822. The van der Waals surface area contributed by atoms with Gasteiger partial charge < -0.3 is 5.32 Å². The van der Waals surface area contributed by atoms with Crippen molar-refractivity contribution in [2.75, 3.05) is 13.1 Å². The van der Waals surface area contributed by atoms with Crippen molar-refractivity contribution in [2.45, 2.75) is 52.4 Å². The molecule has 0 bridgehead atoms. The highest BCUT2D eigenvalue weighted by Gasteiger charge is 2.52. The summed E-state index contributed by atoms with van der Waals surface area (Å²) in [6.45, 7) is 7.07. The number of rotatable bonds is 4. The van der Waals surface area contributed by atoms with E-state index < -0.39 is 0 Å². The van der Waals surface area contributed by atoms with Crippen molar-refractivity contribution in [3.05, 3.63) is 0 Å². The van der Waals surface area contributed by atoms with Crippen LogP contribution >= 0.6 is 0 Å². The Balaban J connectivity index is 1.65. The van der Waals surface area contributed by atoms with Gasteiger partial charge in [0.2, 0.25) is 0 Å². The van der Waals surface area contributed by atoms with Crippen LogP contribution in [0, 0.1) is 17.3 Å². The smallest absolute Gasteiger partial charge is 0.00149 e. The van der Waals surface area contributed by atoms with E-state index in [1.807, 2.05) is 0 Å². The van der Waals surface area contributed by atoms with E-state index >= 15 is 0 Å². The SMILES string of the molecule is CC(C)CNCC1CC12CCCCC2. The number of nitrogens with one attached hydrogen (secondary N) is 1. The van der Waals surface area contributed by atoms with Crippen LogP contribution in [0.3, 0.4) is 0 Å².